The third-order valence-electron chi connectivity index (χ3n) is 3.43. The Balaban J connectivity index is 1.76. The minimum Gasteiger partial charge on any atom is -0.366 e. The van der Waals surface area contributed by atoms with Crippen molar-refractivity contribution in [2.75, 3.05) is 12.3 Å². The topological polar surface area (TPSA) is 85.3 Å². The van der Waals surface area contributed by atoms with Crippen LogP contribution in [-0.2, 0) is 0 Å². The van der Waals surface area contributed by atoms with Crippen molar-refractivity contribution < 1.29 is 4.79 Å². The molecule has 2 aromatic rings. The van der Waals surface area contributed by atoms with Gasteiger partial charge >= 0.3 is 0 Å². The van der Waals surface area contributed by atoms with Crippen LogP contribution in [0.2, 0.25) is 0 Å². The molecule has 21 heavy (non-hydrogen) atoms. The van der Waals surface area contributed by atoms with Crippen LogP contribution in [0.3, 0.4) is 0 Å². The number of nitrogens with two attached hydrogens (primary N) is 1. The smallest absolute Gasteiger partial charge is 0.251 e. The minimum absolute atomic E-state index is 0.0763. The molecular formula is C15H23N5O. The van der Waals surface area contributed by atoms with Crippen LogP contribution in [0.15, 0.2) is 18.3 Å². The first-order valence-electron chi connectivity index (χ1n) is 7.61. The van der Waals surface area contributed by atoms with Gasteiger partial charge in [0.25, 0.3) is 5.91 Å². The van der Waals surface area contributed by atoms with Crippen molar-refractivity contribution in [2.45, 2.75) is 45.4 Å². The molecule has 0 aromatic carbocycles. The second-order valence-electron chi connectivity index (χ2n) is 5.21. The maximum atomic E-state index is 12.0. The molecule has 0 bridgehead atoms. The van der Waals surface area contributed by atoms with Gasteiger partial charge in [-0.3, -0.25) is 4.79 Å². The van der Waals surface area contributed by atoms with Crippen LogP contribution in [0, 0.1) is 0 Å². The molecule has 6 heteroatoms. The summed E-state index contributed by atoms with van der Waals surface area (Å²) in [5.74, 6) is 0.132. The predicted molar refractivity (Wildman–Crippen MR) is 83.1 cm³/mol. The largest absolute Gasteiger partial charge is 0.366 e. The van der Waals surface area contributed by atoms with Crippen LogP contribution >= 0.6 is 0 Å². The van der Waals surface area contributed by atoms with E-state index in [9.17, 15) is 4.79 Å². The van der Waals surface area contributed by atoms with E-state index in [-0.39, 0.29) is 11.9 Å². The van der Waals surface area contributed by atoms with E-state index >= 15 is 0 Å². The molecule has 1 amide bonds. The van der Waals surface area contributed by atoms with Crippen LogP contribution in [0.1, 0.15) is 55.8 Å². The highest BCUT2D eigenvalue weighted by Gasteiger charge is 2.07. The molecule has 3 N–H and O–H groups in total. The Labute approximate surface area is 124 Å². The van der Waals surface area contributed by atoms with Crippen molar-refractivity contribution in [2.24, 2.45) is 0 Å². The average Bonchev–Trinajstić information content (AvgIpc) is 2.85. The highest BCUT2D eigenvalue weighted by molar-refractivity contribution is 5.94. The van der Waals surface area contributed by atoms with Crippen molar-refractivity contribution in [3.63, 3.8) is 0 Å². The number of aromatic nitrogens is 3. The van der Waals surface area contributed by atoms with Crippen molar-refractivity contribution in [3.8, 4) is 0 Å². The van der Waals surface area contributed by atoms with Crippen molar-refractivity contribution >= 4 is 17.5 Å². The number of nitrogens with zero attached hydrogens (tertiary/aromatic N) is 3. The summed E-state index contributed by atoms with van der Waals surface area (Å²) < 4.78 is 1.56. The summed E-state index contributed by atoms with van der Waals surface area (Å²) in [5.41, 5.74) is 6.69. The highest BCUT2D eigenvalue weighted by Crippen LogP contribution is 2.07. The Morgan fingerprint density at radius 1 is 1.29 bits per heavy atom. The Kier molecular flexibility index (Phi) is 5.54. The molecule has 0 unspecified atom stereocenters. The summed E-state index contributed by atoms with van der Waals surface area (Å²) in [6.45, 7) is 2.92. The number of rotatable bonds is 8. The zero-order valence-electron chi connectivity index (χ0n) is 12.5. The maximum Gasteiger partial charge on any atom is 0.251 e. The van der Waals surface area contributed by atoms with Crippen molar-refractivity contribution in [1.82, 2.24) is 19.9 Å². The molecule has 2 rings (SSSR count). The molecule has 2 heterocycles. The summed E-state index contributed by atoms with van der Waals surface area (Å²) in [5, 5.41) is 6.91. The Morgan fingerprint density at radius 2 is 2.05 bits per heavy atom. The van der Waals surface area contributed by atoms with E-state index in [4.69, 9.17) is 5.73 Å². The zero-order chi connectivity index (χ0) is 15.1. The van der Waals surface area contributed by atoms with Gasteiger partial charge in [-0.15, -0.1) is 5.10 Å². The Morgan fingerprint density at radius 3 is 2.86 bits per heavy atom. The first-order chi connectivity index (χ1) is 10.2. The van der Waals surface area contributed by atoms with Gasteiger partial charge in [0.1, 0.15) is 0 Å². The van der Waals surface area contributed by atoms with E-state index in [2.05, 4.69) is 22.3 Å². The number of nitrogens with one attached hydrogen (secondary N) is 1. The lowest BCUT2D eigenvalue weighted by atomic mass is 10.1. The van der Waals surface area contributed by atoms with Gasteiger partial charge in [0.05, 0.1) is 0 Å². The number of nitrogen functional groups attached to an aromatic ring is 1. The molecule has 0 atom stereocenters. The molecule has 0 aliphatic rings. The van der Waals surface area contributed by atoms with Gasteiger partial charge in [0, 0.05) is 18.3 Å². The normalized spacial score (nSPS) is 10.9. The Bertz CT molecular complexity index is 593. The first-order valence-corrected chi connectivity index (χ1v) is 7.61. The fourth-order valence-electron chi connectivity index (χ4n) is 2.25. The second-order valence-corrected chi connectivity index (χ2v) is 5.21. The van der Waals surface area contributed by atoms with Gasteiger partial charge in [0.15, 0.2) is 5.65 Å². The number of fused-ring (bicyclic) bond motifs is 1. The number of unbranched alkanes of at least 4 members (excludes halogenated alkanes) is 5. The molecule has 0 saturated carbocycles. The Hall–Kier alpha value is -2.11. The number of hydrogen-bond acceptors (Lipinski definition) is 4. The van der Waals surface area contributed by atoms with Gasteiger partial charge in [0.2, 0.25) is 5.95 Å². The van der Waals surface area contributed by atoms with Crippen LogP contribution in [0.4, 0.5) is 5.95 Å². The standard InChI is InChI=1S/C15H23N5O/c1-2-3-4-5-6-7-9-17-14(21)12-8-10-20-13(11-12)18-15(16)19-20/h8,10-11H,2-7,9H2,1H3,(H2,16,19)(H,17,21). The van der Waals surface area contributed by atoms with Crippen molar-refractivity contribution in [3.05, 3.63) is 23.9 Å². The molecule has 0 aliphatic heterocycles. The van der Waals surface area contributed by atoms with Crippen molar-refractivity contribution in [1.29, 1.82) is 0 Å². The first kappa shape index (κ1) is 15.3. The van der Waals surface area contributed by atoms with Crippen LogP contribution in [-0.4, -0.2) is 27.0 Å². The molecule has 0 saturated heterocycles. The number of hydrogen-bond donors (Lipinski definition) is 2. The van der Waals surface area contributed by atoms with Gasteiger partial charge < -0.3 is 11.1 Å². The van der Waals surface area contributed by atoms with Gasteiger partial charge in [-0.1, -0.05) is 39.0 Å². The summed E-state index contributed by atoms with van der Waals surface area (Å²) >= 11 is 0. The summed E-state index contributed by atoms with van der Waals surface area (Å²) in [6.07, 6.45) is 8.97. The van der Waals surface area contributed by atoms with Gasteiger partial charge in [-0.2, -0.15) is 4.98 Å². The molecule has 0 aliphatic carbocycles. The molecule has 0 fully saturated rings. The molecule has 2 aromatic heterocycles. The lowest BCUT2D eigenvalue weighted by molar-refractivity contribution is 0.0953. The van der Waals surface area contributed by atoms with E-state index in [1.54, 1.807) is 22.8 Å². The lowest BCUT2D eigenvalue weighted by Crippen LogP contribution is -2.24. The second kappa shape index (κ2) is 7.61. The quantitative estimate of drug-likeness (QED) is 0.731. The van der Waals surface area contributed by atoms with Crippen LogP contribution in [0.5, 0.6) is 0 Å². The minimum atomic E-state index is -0.0763. The number of carbonyl (C=O) groups is 1. The number of pyridine rings is 1. The van der Waals surface area contributed by atoms with Gasteiger partial charge in [-0.25, -0.2) is 4.52 Å². The zero-order valence-corrected chi connectivity index (χ0v) is 12.5. The summed E-state index contributed by atoms with van der Waals surface area (Å²) in [4.78, 5) is 16.1. The highest BCUT2D eigenvalue weighted by atomic mass is 16.1. The average molecular weight is 289 g/mol. The molecule has 0 spiro atoms. The lowest BCUT2D eigenvalue weighted by Gasteiger charge is -2.05. The fourth-order valence-corrected chi connectivity index (χ4v) is 2.25. The third kappa shape index (κ3) is 4.44. The number of amides is 1. The number of anilines is 1. The predicted octanol–water partition coefficient (Wildman–Crippen LogP) is 2.40. The maximum absolute atomic E-state index is 12.0. The fraction of sp³-hybridized carbons (Fsp3) is 0.533. The van der Waals surface area contributed by atoms with E-state index in [0.29, 0.717) is 17.8 Å². The third-order valence-corrected chi connectivity index (χ3v) is 3.43. The molecule has 0 radical (unpaired) electrons. The van der Waals surface area contributed by atoms with Gasteiger partial charge in [-0.05, 0) is 18.6 Å². The van der Waals surface area contributed by atoms with E-state index in [0.717, 1.165) is 6.42 Å². The SMILES string of the molecule is CCCCCCCCNC(=O)c1ccn2nc(N)nc2c1. The summed E-state index contributed by atoms with van der Waals surface area (Å²) in [6, 6.07) is 3.41. The van der Waals surface area contributed by atoms with E-state index < -0.39 is 0 Å². The summed E-state index contributed by atoms with van der Waals surface area (Å²) in [7, 11) is 0. The van der Waals surface area contributed by atoms with Crippen LogP contribution in [0.25, 0.3) is 5.65 Å². The molecule has 6 nitrogen and oxygen atoms in total. The molecule has 114 valence electrons. The van der Waals surface area contributed by atoms with E-state index in [1.807, 2.05) is 0 Å². The van der Waals surface area contributed by atoms with E-state index in [1.165, 1.54) is 32.1 Å². The number of carbonyl (C=O) groups excluding carboxylic acids is 1. The molecular weight excluding hydrogens is 266 g/mol. The monoisotopic (exact) mass is 289 g/mol. The van der Waals surface area contributed by atoms with Crippen LogP contribution < -0.4 is 11.1 Å².